The van der Waals surface area contributed by atoms with Crippen molar-refractivity contribution in [2.24, 2.45) is 0 Å². The summed E-state index contributed by atoms with van der Waals surface area (Å²) in [5, 5.41) is 19.2. The fourth-order valence-electron chi connectivity index (χ4n) is 3.27. The van der Waals surface area contributed by atoms with Gasteiger partial charge in [-0.15, -0.1) is 5.10 Å². The first kappa shape index (κ1) is 20.3. The first-order valence-electron chi connectivity index (χ1n) is 9.06. The number of nitrogens with zero attached hydrogens (tertiary/aromatic N) is 4. The number of benzene rings is 1. The molecule has 1 aromatic carbocycles. The number of aliphatic hydroxyl groups is 1. The predicted molar refractivity (Wildman–Crippen MR) is 94.4 cm³/mol. The van der Waals surface area contributed by atoms with Crippen molar-refractivity contribution in [1.29, 1.82) is 0 Å². The highest BCUT2D eigenvalue weighted by molar-refractivity contribution is 5.91. The molecule has 1 amide bonds. The minimum atomic E-state index is -4.33. The lowest BCUT2D eigenvalue weighted by Crippen LogP contribution is -2.36. The van der Waals surface area contributed by atoms with E-state index in [1.54, 1.807) is 10.9 Å². The van der Waals surface area contributed by atoms with E-state index in [4.69, 9.17) is 5.11 Å². The number of halogens is 3. The Morgan fingerprint density at radius 1 is 1.29 bits per heavy atom. The van der Waals surface area contributed by atoms with Crippen molar-refractivity contribution in [1.82, 2.24) is 25.2 Å². The van der Waals surface area contributed by atoms with Crippen LogP contribution in [0.3, 0.4) is 0 Å². The van der Waals surface area contributed by atoms with Crippen molar-refractivity contribution in [2.75, 3.05) is 26.2 Å². The summed E-state index contributed by atoms with van der Waals surface area (Å²) in [5.74, 6) is -0.391. The van der Waals surface area contributed by atoms with Crippen LogP contribution in [0, 0.1) is 0 Å². The molecule has 2 N–H and O–H groups in total. The van der Waals surface area contributed by atoms with Gasteiger partial charge in [0.2, 0.25) is 0 Å². The number of rotatable bonds is 6. The molecule has 1 atom stereocenters. The molecule has 0 bridgehead atoms. The van der Waals surface area contributed by atoms with E-state index in [1.165, 1.54) is 12.1 Å². The predicted octanol–water partition coefficient (Wildman–Crippen LogP) is 1.86. The van der Waals surface area contributed by atoms with Crippen LogP contribution in [0.1, 0.15) is 40.5 Å². The molecule has 1 aromatic heterocycles. The Balaban J connectivity index is 1.60. The second-order valence-electron chi connectivity index (χ2n) is 6.79. The van der Waals surface area contributed by atoms with E-state index >= 15 is 0 Å². The van der Waals surface area contributed by atoms with Crippen molar-refractivity contribution in [3.05, 3.63) is 47.3 Å². The maximum Gasteiger partial charge on any atom is 0.416 e. The normalized spacial score (nSPS) is 18.2. The molecule has 1 fully saturated rings. The summed E-state index contributed by atoms with van der Waals surface area (Å²) in [6, 6.07) is 5.25. The van der Waals surface area contributed by atoms with Gasteiger partial charge in [-0.2, -0.15) is 13.2 Å². The largest absolute Gasteiger partial charge is 0.416 e. The van der Waals surface area contributed by atoms with Crippen LogP contribution in [0.4, 0.5) is 13.2 Å². The van der Waals surface area contributed by atoms with Crippen LogP contribution < -0.4 is 5.32 Å². The van der Waals surface area contributed by atoms with Crippen LogP contribution in [0.5, 0.6) is 0 Å². The maximum atomic E-state index is 12.7. The van der Waals surface area contributed by atoms with Gasteiger partial charge in [-0.25, -0.2) is 4.68 Å². The third-order valence-electron chi connectivity index (χ3n) is 4.68. The van der Waals surface area contributed by atoms with Crippen LogP contribution in [0.15, 0.2) is 30.5 Å². The molecule has 2 heterocycles. The smallest absolute Gasteiger partial charge is 0.395 e. The Morgan fingerprint density at radius 3 is 2.71 bits per heavy atom. The van der Waals surface area contributed by atoms with Crippen molar-refractivity contribution in [2.45, 2.75) is 31.6 Å². The standard InChI is InChI=1S/C18H22F3N5O2/c19-18(20,21)14-5-3-13(4-6-14)10-25-8-1-2-15(11-25)26-12-16(23-24-26)17(28)22-7-9-27/h3-6,12,15,27H,1-2,7-11H2,(H,22,28). The summed E-state index contributed by atoms with van der Waals surface area (Å²) in [6.45, 7) is 2.06. The molecule has 1 aliphatic rings. The molecule has 1 aliphatic heterocycles. The highest BCUT2D eigenvalue weighted by Gasteiger charge is 2.30. The third-order valence-corrected chi connectivity index (χ3v) is 4.68. The van der Waals surface area contributed by atoms with Crippen molar-refractivity contribution in [3.8, 4) is 0 Å². The Bertz CT molecular complexity index is 791. The van der Waals surface area contributed by atoms with Crippen molar-refractivity contribution >= 4 is 5.91 Å². The van der Waals surface area contributed by atoms with E-state index in [0.29, 0.717) is 13.1 Å². The van der Waals surface area contributed by atoms with Gasteiger partial charge in [-0.3, -0.25) is 9.69 Å². The van der Waals surface area contributed by atoms with Crippen LogP contribution in [0.25, 0.3) is 0 Å². The Hall–Kier alpha value is -2.46. The summed E-state index contributed by atoms with van der Waals surface area (Å²) in [7, 11) is 0. The molecule has 10 heteroatoms. The SMILES string of the molecule is O=C(NCCO)c1cn(C2CCCN(Cc3ccc(C(F)(F)F)cc3)C2)nn1. The summed E-state index contributed by atoms with van der Waals surface area (Å²) in [6.07, 6.45) is -0.955. The number of nitrogens with one attached hydrogen (secondary N) is 1. The quantitative estimate of drug-likeness (QED) is 0.778. The number of aliphatic hydroxyl groups excluding tert-OH is 1. The van der Waals surface area contributed by atoms with E-state index in [9.17, 15) is 18.0 Å². The highest BCUT2D eigenvalue weighted by Crippen LogP contribution is 2.29. The molecule has 3 rings (SSSR count). The lowest BCUT2D eigenvalue weighted by molar-refractivity contribution is -0.137. The van der Waals surface area contributed by atoms with Crippen LogP contribution in [-0.4, -0.2) is 57.1 Å². The van der Waals surface area contributed by atoms with Gasteiger partial charge in [0.05, 0.1) is 24.4 Å². The number of carbonyl (C=O) groups excluding carboxylic acids is 1. The topological polar surface area (TPSA) is 83.3 Å². The number of carbonyl (C=O) groups is 1. The number of aromatic nitrogens is 3. The van der Waals surface area contributed by atoms with Gasteiger partial charge in [0, 0.05) is 19.6 Å². The number of likely N-dealkylation sites (tertiary alicyclic amines) is 1. The molecular weight excluding hydrogens is 375 g/mol. The summed E-state index contributed by atoms with van der Waals surface area (Å²) >= 11 is 0. The van der Waals surface area contributed by atoms with Gasteiger partial charge in [0.1, 0.15) is 0 Å². The van der Waals surface area contributed by atoms with Gasteiger partial charge in [0.25, 0.3) is 5.91 Å². The molecule has 1 saturated heterocycles. The van der Waals surface area contributed by atoms with Crippen LogP contribution >= 0.6 is 0 Å². The molecule has 0 aliphatic carbocycles. The first-order chi connectivity index (χ1) is 13.4. The van der Waals surface area contributed by atoms with Gasteiger partial charge in [-0.05, 0) is 37.1 Å². The van der Waals surface area contributed by atoms with E-state index < -0.39 is 17.6 Å². The molecule has 0 saturated carbocycles. The van der Waals surface area contributed by atoms with Gasteiger partial charge in [-0.1, -0.05) is 17.3 Å². The molecule has 28 heavy (non-hydrogen) atoms. The number of piperidine rings is 1. The van der Waals surface area contributed by atoms with Crippen molar-refractivity contribution < 1.29 is 23.1 Å². The first-order valence-corrected chi connectivity index (χ1v) is 9.06. The number of hydrogen-bond donors (Lipinski definition) is 2. The Kier molecular flexibility index (Phi) is 6.30. The number of alkyl halides is 3. The lowest BCUT2D eigenvalue weighted by atomic mass is 10.0. The summed E-state index contributed by atoms with van der Waals surface area (Å²) < 4.78 is 39.7. The average molecular weight is 397 g/mol. The fourth-order valence-corrected chi connectivity index (χ4v) is 3.27. The third kappa shape index (κ3) is 5.08. The van der Waals surface area contributed by atoms with Crippen LogP contribution in [0.2, 0.25) is 0 Å². The minimum Gasteiger partial charge on any atom is -0.395 e. The van der Waals surface area contributed by atoms with Crippen molar-refractivity contribution in [3.63, 3.8) is 0 Å². The molecule has 0 radical (unpaired) electrons. The molecule has 7 nitrogen and oxygen atoms in total. The molecule has 152 valence electrons. The zero-order chi connectivity index (χ0) is 20.1. The minimum absolute atomic E-state index is 0.0371. The molecule has 1 unspecified atom stereocenters. The Labute approximate surface area is 160 Å². The monoisotopic (exact) mass is 397 g/mol. The molecular formula is C18H22F3N5O2. The maximum absolute atomic E-state index is 12.7. The fraction of sp³-hybridized carbons (Fsp3) is 0.500. The lowest BCUT2D eigenvalue weighted by Gasteiger charge is -2.32. The highest BCUT2D eigenvalue weighted by atomic mass is 19.4. The van der Waals surface area contributed by atoms with E-state index in [-0.39, 0.29) is 24.9 Å². The molecule has 0 spiro atoms. The number of amides is 1. The summed E-state index contributed by atoms with van der Waals surface area (Å²) in [5.41, 5.74) is 0.354. The van der Waals surface area contributed by atoms with Gasteiger partial charge < -0.3 is 10.4 Å². The Morgan fingerprint density at radius 2 is 2.04 bits per heavy atom. The van der Waals surface area contributed by atoms with E-state index in [0.717, 1.165) is 37.1 Å². The summed E-state index contributed by atoms with van der Waals surface area (Å²) in [4.78, 5) is 14.0. The van der Waals surface area contributed by atoms with Gasteiger partial charge in [0.15, 0.2) is 5.69 Å². The second kappa shape index (κ2) is 8.70. The van der Waals surface area contributed by atoms with E-state index in [1.807, 2.05) is 0 Å². The van der Waals surface area contributed by atoms with Gasteiger partial charge >= 0.3 is 6.18 Å². The zero-order valence-electron chi connectivity index (χ0n) is 15.2. The van der Waals surface area contributed by atoms with Crippen LogP contribution in [-0.2, 0) is 12.7 Å². The second-order valence-corrected chi connectivity index (χ2v) is 6.79. The van der Waals surface area contributed by atoms with E-state index in [2.05, 4.69) is 20.5 Å². The zero-order valence-corrected chi connectivity index (χ0v) is 15.2. The number of hydrogen-bond acceptors (Lipinski definition) is 5. The average Bonchev–Trinajstić information content (AvgIpc) is 3.16. The molecule has 2 aromatic rings.